The molecule has 1 N–H and O–H groups in total. The molecule has 1 aliphatic rings. The van der Waals surface area contributed by atoms with Crippen LogP contribution in [0.15, 0.2) is 54.6 Å². The summed E-state index contributed by atoms with van der Waals surface area (Å²) in [6.45, 7) is 6.89. The Kier molecular flexibility index (Phi) is 7.34. The number of nitrogens with zero attached hydrogens (tertiary/aromatic N) is 2. The summed E-state index contributed by atoms with van der Waals surface area (Å²) in [6.07, 6.45) is 0. The number of carbonyl (C=O) groups is 1. The summed E-state index contributed by atoms with van der Waals surface area (Å²) in [6, 6.07) is 18.5. The Morgan fingerprint density at radius 2 is 1.74 bits per heavy atom. The minimum Gasteiger partial charge on any atom is -0.484 e. The van der Waals surface area contributed by atoms with Crippen LogP contribution in [0.5, 0.6) is 5.75 Å². The van der Waals surface area contributed by atoms with Crippen LogP contribution >= 0.6 is 22.6 Å². The molecule has 0 spiro atoms. The third-order valence-electron chi connectivity index (χ3n) is 4.84. The van der Waals surface area contributed by atoms with Gasteiger partial charge in [-0.25, -0.2) is 0 Å². The van der Waals surface area contributed by atoms with E-state index in [1.807, 2.05) is 30.3 Å². The second-order valence-electron chi connectivity index (χ2n) is 6.75. The minimum atomic E-state index is -0.0803. The van der Waals surface area contributed by atoms with Crippen molar-refractivity contribution in [3.05, 3.63) is 58.2 Å². The average Bonchev–Trinajstić information content (AvgIpc) is 2.72. The van der Waals surface area contributed by atoms with Crippen LogP contribution in [0.25, 0.3) is 0 Å². The van der Waals surface area contributed by atoms with Gasteiger partial charge in [-0.05, 0) is 65.9 Å². The Morgan fingerprint density at radius 1 is 1.07 bits per heavy atom. The monoisotopic (exact) mass is 479 g/mol. The van der Waals surface area contributed by atoms with Crippen LogP contribution < -0.4 is 15.0 Å². The molecule has 1 atom stereocenters. The predicted octanol–water partition coefficient (Wildman–Crippen LogP) is 3.00. The van der Waals surface area contributed by atoms with Gasteiger partial charge in [0, 0.05) is 48.0 Å². The van der Waals surface area contributed by atoms with E-state index in [1.54, 1.807) is 0 Å². The molecule has 1 fully saturated rings. The van der Waals surface area contributed by atoms with E-state index in [0.717, 1.165) is 35.5 Å². The highest BCUT2D eigenvalue weighted by atomic mass is 127. The Labute approximate surface area is 174 Å². The third-order valence-corrected chi connectivity index (χ3v) is 5.56. The number of para-hydroxylation sites is 1. The summed E-state index contributed by atoms with van der Waals surface area (Å²) < 4.78 is 6.67. The summed E-state index contributed by atoms with van der Waals surface area (Å²) in [7, 11) is 0. The summed E-state index contributed by atoms with van der Waals surface area (Å²) in [5.41, 5.74) is 1.28. The first-order chi connectivity index (χ1) is 13.1. The summed E-state index contributed by atoms with van der Waals surface area (Å²) in [5.74, 6) is 0.638. The Hall–Kier alpha value is -1.80. The van der Waals surface area contributed by atoms with Crippen molar-refractivity contribution in [2.75, 3.05) is 44.2 Å². The molecule has 1 unspecified atom stereocenters. The lowest BCUT2D eigenvalue weighted by Gasteiger charge is -2.39. The maximum absolute atomic E-state index is 12.0. The van der Waals surface area contributed by atoms with Crippen molar-refractivity contribution in [1.82, 2.24) is 10.2 Å². The van der Waals surface area contributed by atoms with Crippen molar-refractivity contribution in [3.63, 3.8) is 0 Å². The number of rotatable bonds is 7. The molecule has 144 valence electrons. The Morgan fingerprint density at radius 3 is 2.41 bits per heavy atom. The van der Waals surface area contributed by atoms with Crippen molar-refractivity contribution in [2.24, 2.45) is 0 Å². The van der Waals surface area contributed by atoms with Crippen molar-refractivity contribution in [2.45, 2.75) is 13.0 Å². The molecule has 1 saturated heterocycles. The fourth-order valence-corrected chi connectivity index (χ4v) is 3.54. The van der Waals surface area contributed by atoms with E-state index in [0.29, 0.717) is 12.6 Å². The standard InChI is InChI=1S/C21H26IN3O2/c1-17(15-23-21(26)16-27-20-9-7-18(22)8-10-20)24-11-13-25(14-12-24)19-5-3-2-4-6-19/h2-10,17H,11-16H2,1H3,(H,23,26). The molecule has 0 aromatic heterocycles. The molecule has 3 rings (SSSR count). The van der Waals surface area contributed by atoms with Crippen molar-refractivity contribution in [1.29, 1.82) is 0 Å². The van der Waals surface area contributed by atoms with E-state index in [1.165, 1.54) is 5.69 Å². The molecule has 0 bridgehead atoms. The van der Waals surface area contributed by atoms with Crippen LogP contribution in [0.1, 0.15) is 6.92 Å². The molecule has 1 heterocycles. The summed E-state index contributed by atoms with van der Waals surface area (Å²) in [5, 5.41) is 2.98. The van der Waals surface area contributed by atoms with Gasteiger partial charge < -0.3 is 15.0 Å². The molecule has 0 radical (unpaired) electrons. The van der Waals surface area contributed by atoms with Crippen molar-refractivity contribution < 1.29 is 9.53 Å². The third kappa shape index (κ3) is 6.10. The molecule has 0 saturated carbocycles. The van der Waals surface area contributed by atoms with Gasteiger partial charge in [0.25, 0.3) is 5.91 Å². The van der Waals surface area contributed by atoms with E-state index in [-0.39, 0.29) is 12.5 Å². The van der Waals surface area contributed by atoms with Crippen LogP contribution in [-0.4, -0.2) is 56.2 Å². The molecule has 27 heavy (non-hydrogen) atoms. The topological polar surface area (TPSA) is 44.8 Å². The van der Waals surface area contributed by atoms with E-state index in [2.05, 4.69) is 68.9 Å². The number of piperazine rings is 1. The van der Waals surface area contributed by atoms with Gasteiger partial charge in [0.05, 0.1) is 0 Å². The fourth-order valence-electron chi connectivity index (χ4n) is 3.18. The molecule has 2 aromatic carbocycles. The van der Waals surface area contributed by atoms with Gasteiger partial charge in [-0.15, -0.1) is 0 Å². The maximum atomic E-state index is 12.0. The van der Waals surface area contributed by atoms with Gasteiger partial charge in [-0.2, -0.15) is 0 Å². The number of hydrogen-bond donors (Lipinski definition) is 1. The summed E-state index contributed by atoms with van der Waals surface area (Å²) >= 11 is 2.24. The zero-order valence-electron chi connectivity index (χ0n) is 15.6. The largest absolute Gasteiger partial charge is 0.484 e. The predicted molar refractivity (Wildman–Crippen MR) is 117 cm³/mol. The van der Waals surface area contributed by atoms with Crippen molar-refractivity contribution >= 4 is 34.2 Å². The first-order valence-corrected chi connectivity index (χ1v) is 10.4. The number of halogens is 1. The number of amides is 1. The average molecular weight is 479 g/mol. The number of nitrogens with one attached hydrogen (secondary N) is 1. The quantitative estimate of drug-likeness (QED) is 0.621. The first kappa shape index (κ1) is 19.9. The number of ether oxygens (including phenoxy) is 1. The van der Waals surface area contributed by atoms with E-state index < -0.39 is 0 Å². The molecular weight excluding hydrogens is 453 g/mol. The van der Waals surface area contributed by atoms with Gasteiger partial charge in [0.2, 0.25) is 0 Å². The van der Waals surface area contributed by atoms with Gasteiger partial charge in [-0.3, -0.25) is 9.69 Å². The molecule has 5 nitrogen and oxygen atoms in total. The van der Waals surface area contributed by atoms with Gasteiger partial charge in [0.15, 0.2) is 6.61 Å². The van der Waals surface area contributed by atoms with Gasteiger partial charge in [-0.1, -0.05) is 18.2 Å². The molecule has 2 aromatic rings. The molecular formula is C21H26IN3O2. The highest BCUT2D eigenvalue weighted by Gasteiger charge is 2.21. The molecule has 1 aliphatic heterocycles. The lowest BCUT2D eigenvalue weighted by Crippen LogP contribution is -2.52. The summed E-state index contributed by atoms with van der Waals surface area (Å²) in [4.78, 5) is 16.9. The van der Waals surface area contributed by atoms with Gasteiger partial charge >= 0.3 is 0 Å². The maximum Gasteiger partial charge on any atom is 0.257 e. The van der Waals surface area contributed by atoms with Crippen molar-refractivity contribution in [3.8, 4) is 5.75 Å². The highest BCUT2D eigenvalue weighted by molar-refractivity contribution is 14.1. The van der Waals surface area contributed by atoms with Crippen LogP contribution in [0.4, 0.5) is 5.69 Å². The number of benzene rings is 2. The zero-order chi connectivity index (χ0) is 19.1. The number of carbonyl (C=O) groups excluding carboxylic acids is 1. The second kappa shape index (κ2) is 9.94. The van der Waals surface area contributed by atoms with Crippen LogP contribution in [0, 0.1) is 3.57 Å². The Balaban J connectivity index is 1.36. The molecule has 1 amide bonds. The van der Waals surface area contributed by atoms with E-state index in [4.69, 9.17) is 4.74 Å². The van der Waals surface area contributed by atoms with E-state index >= 15 is 0 Å². The van der Waals surface area contributed by atoms with Gasteiger partial charge in [0.1, 0.15) is 5.75 Å². The first-order valence-electron chi connectivity index (χ1n) is 9.31. The Bertz CT molecular complexity index is 716. The second-order valence-corrected chi connectivity index (χ2v) is 8.00. The molecule has 0 aliphatic carbocycles. The normalized spacial score (nSPS) is 16.0. The van der Waals surface area contributed by atoms with Crippen LogP contribution in [-0.2, 0) is 4.79 Å². The minimum absolute atomic E-state index is 0.0507. The smallest absolute Gasteiger partial charge is 0.257 e. The fraction of sp³-hybridized carbons (Fsp3) is 0.381. The van der Waals surface area contributed by atoms with Crippen LogP contribution in [0.3, 0.4) is 0 Å². The van der Waals surface area contributed by atoms with Crippen LogP contribution in [0.2, 0.25) is 0 Å². The number of anilines is 1. The lowest BCUT2D eigenvalue weighted by molar-refractivity contribution is -0.123. The molecule has 6 heteroatoms. The SMILES string of the molecule is CC(CNC(=O)COc1ccc(I)cc1)N1CCN(c2ccccc2)CC1. The zero-order valence-corrected chi connectivity index (χ0v) is 17.8. The highest BCUT2D eigenvalue weighted by Crippen LogP contribution is 2.16. The lowest BCUT2D eigenvalue weighted by atomic mass is 10.2. The number of hydrogen-bond acceptors (Lipinski definition) is 4. The van der Waals surface area contributed by atoms with E-state index in [9.17, 15) is 4.79 Å².